The summed E-state index contributed by atoms with van der Waals surface area (Å²) in [5.74, 6) is -6.68. The van der Waals surface area contributed by atoms with Gasteiger partial charge in [0, 0.05) is 51.4 Å². The molecule has 2 bridgehead atoms. The Morgan fingerprint density at radius 1 is 0.926 bits per heavy atom. The molecule has 1 saturated carbocycles. The van der Waals surface area contributed by atoms with Crippen LogP contribution in [-0.2, 0) is 38.1 Å². The summed E-state index contributed by atoms with van der Waals surface area (Å²) in [5, 5.41) is 35.3. The number of ketones is 2. The molecule has 2 N–H and O–H groups in total. The quantitative estimate of drug-likeness (QED) is 0.161. The Morgan fingerprint density at radius 2 is 1.68 bits per heavy atom. The molecule has 378 valence electrons. The van der Waals surface area contributed by atoms with Gasteiger partial charge in [-0.15, -0.1) is 5.10 Å². The molecule has 4 heterocycles. The van der Waals surface area contributed by atoms with Crippen LogP contribution in [0.1, 0.15) is 138 Å². The number of nitrogens with zero attached hydrogens (tertiary/aromatic N) is 5. The number of amides is 1. The second-order valence-corrected chi connectivity index (χ2v) is 20.7. The van der Waals surface area contributed by atoms with Crippen molar-refractivity contribution in [2.45, 2.75) is 181 Å². The lowest BCUT2D eigenvalue weighted by Crippen LogP contribution is -2.61. The number of carbonyl (C=O) groups is 4. The number of aliphatic hydroxyl groups is 2. The number of cyclic esters (lactones) is 1. The Labute approximate surface area is 404 Å². The summed E-state index contributed by atoms with van der Waals surface area (Å²) in [5.41, 5.74) is 2.52. The van der Waals surface area contributed by atoms with Crippen molar-refractivity contribution in [2.75, 3.05) is 20.8 Å². The standard InChI is InChI=1S/C53H81N5O10/c1-32-17-13-12-14-18-33(2)46(65-10)29-42-22-20-38(7)53(64,68-42)50(61)51(62)57-24-16-15-19-44(57)52(63)67-47(30-45(59)35(4)26-37(6)49(60)40(9)39(8)34(3)25-32)36(5)27-41-21-23-43(48(28-41)66-11)58-31-54-55-56-58/h12-14,17-18,26,31-32,34-36,38,40-44,46-49,60,64H,8,15-16,19-25,27-30H2,1-7,9-11H3/b14-12+,17-13+,33-18+,37-26+/t32-,34-,35-,36-,38-,40+,41+,42+,43+,44+,46+,47+,48-,49-,53-/m1/s1. The summed E-state index contributed by atoms with van der Waals surface area (Å²) in [7, 11) is 3.28. The summed E-state index contributed by atoms with van der Waals surface area (Å²) in [6.45, 7) is 20.0. The van der Waals surface area contributed by atoms with Gasteiger partial charge in [0.15, 0.2) is 0 Å². The monoisotopic (exact) mass is 948 g/mol. The lowest BCUT2D eigenvalue weighted by Gasteiger charge is -2.42. The Bertz CT molecular complexity index is 2000. The Morgan fingerprint density at radius 3 is 2.37 bits per heavy atom. The first kappa shape index (κ1) is 54.8. The van der Waals surface area contributed by atoms with Crippen LogP contribution in [-0.4, -0.2) is 122 Å². The van der Waals surface area contributed by atoms with Gasteiger partial charge in [-0.2, -0.15) is 0 Å². The van der Waals surface area contributed by atoms with Crippen molar-refractivity contribution in [3.05, 3.63) is 66.1 Å². The van der Waals surface area contributed by atoms with Gasteiger partial charge in [0.1, 0.15) is 24.3 Å². The number of ether oxygens (including phenoxy) is 4. The molecule has 15 atom stereocenters. The van der Waals surface area contributed by atoms with Gasteiger partial charge in [-0.25, -0.2) is 9.48 Å². The molecular weight excluding hydrogens is 867 g/mol. The highest BCUT2D eigenvalue weighted by atomic mass is 16.6. The summed E-state index contributed by atoms with van der Waals surface area (Å²) in [4.78, 5) is 58.6. The van der Waals surface area contributed by atoms with E-state index < -0.39 is 59.6 Å². The molecule has 68 heavy (non-hydrogen) atoms. The molecule has 0 spiro atoms. The Balaban J connectivity index is 1.45. The van der Waals surface area contributed by atoms with Crippen LogP contribution in [0.4, 0.5) is 0 Å². The largest absolute Gasteiger partial charge is 0.460 e. The number of piperidine rings is 1. The number of methoxy groups -OCH3 is 2. The zero-order valence-electron chi connectivity index (χ0n) is 42.4. The maximum atomic E-state index is 14.5. The first-order chi connectivity index (χ1) is 32.3. The number of fused-ring (bicyclic) bond motifs is 3. The van der Waals surface area contributed by atoms with Gasteiger partial charge in [-0.3, -0.25) is 14.4 Å². The van der Waals surface area contributed by atoms with E-state index in [1.807, 2.05) is 52.0 Å². The molecule has 15 nitrogen and oxygen atoms in total. The predicted octanol–water partition coefficient (Wildman–Crippen LogP) is 7.66. The highest BCUT2D eigenvalue weighted by molar-refractivity contribution is 6.39. The molecule has 5 rings (SSSR count). The SMILES string of the molecule is C=C1[C@H](C)C[C@H](C)/C=C/C=C/C=C(\C)[C@@H](OC)C[C@@H]2CC[C@@H](C)[C@@](O)(O2)C(=O)C(=O)N2CCCC[C@H]2C(=O)O[C@H]([C@H](C)C[C@@H]2CC[C@H](n3cnnn3)[C@H](OC)C2)CC(=O)[C@H](C)/C=C(\C)[C@@H](O)[C@H]1C. The predicted molar refractivity (Wildman–Crippen MR) is 258 cm³/mol. The third-order valence-corrected chi connectivity index (χ3v) is 15.6. The molecule has 2 saturated heterocycles. The van der Waals surface area contributed by atoms with Crippen LogP contribution in [0.2, 0.25) is 0 Å². The van der Waals surface area contributed by atoms with E-state index in [9.17, 15) is 29.4 Å². The molecule has 3 fully saturated rings. The van der Waals surface area contributed by atoms with E-state index in [2.05, 4.69) is 42.0 Å². The smallest absolute Gasteiger partial charge is 0.329 e. The molecule has 0 unspecified atom stereocenters. The molecule has 0 aromatic carbocycles. The molecule has 1 amide bonds. The molecule has 4 aliphatic rings. The average Bonchev–Trinajstić information content (AvgIpc) is 3.87. The lowest BCUT2D eigenvalue weighted by atomic mass is 9.77. The van der Waals surface area contributed by atoms with E-state index in [4.69, 9.17) is 18.9 Å². The number of esters is 1. The van der Waals surface area contributed by atoms with Crippen LogP contribution in [0, 0.1) is 41.4 Å². The molecule has 1 aromatic heterocycles. The first-order valence-corrected chi connectivity index (χ1v) is 25.1. The molecule has 1 aliphatic carbocycles. The van der Waals surface area contributed by atoms with Gasteiger partial charge in [-0.1, -0.05) is 90.2 Å². The van der Waals surface area contributed by atoms with Gasteiger partial charge in [0.25, 0.3) is 11.7 Å². The van der Waals surface area contributed by atoms with Crippen LogP contribution >= 0.6 is 0 Å². The van der Waals surface area contributed by atoms with Crippen LogP contribution in [0.25, 0.3) is 0 Å². The number of aromatic nitrogens is 4. The third-order valence-electron chi connectivity index (χ3n) is 15.6. The van der Waals surface area contributed by atoms with Gasteiger partial charge in [-0.05, 0) is 123 Å². The van der Waals surface area contributed by atoms with E-state index in [0.29, 0.717) is 50.5 Å². The molecule has 15 heteroatoms. The van der Waals surface area contributed by atoms with E-state index >= 15 is 0 Å². The minimum atomic E-state index is -2.41. The van der Waals surface area contributed by atoms with Crippen molar-refractivity contribution in [2.24, 2.45) is 41.4 Å². The van der Waals surface area contributed by atoms with E-state index in [-0.39, 0.29) is 73.0 Å². The van der Waals surface area contributed by atoms with Gasteiger partial charge < -0.3 is 34.1 Å². The fraction of sp³-hybridized carbons (Fsp3) is 0.717. The lowest BCUT2D eigenvalue weighted by molar-refractivity contribution is -0.265. The molecule has 0 radical (unpaired) electrons. The summed E-state index contributed by atoms with van der Waals surface area (Å²) >= 11 is 0. The summed E-state index contributed by atoms with van der Waals surface area (Å²) in [6, 6.07) is -1.13. The van der Waals surface area contributed by atoms with E-state index in [1.165, 1.54) is 4.90 Å². The number of aliphatic hydroxyl groups excluding tert-OH is 1. The van der Waals surface area contributed by atoms with Crippen molar-refractivity contribution in [1.82, 2.24) is 25.1 Å². The molecular formula is C53H81N5O10. The first-order valence-electron chi connectivity index (χ1n) is 25.1. The Kier molecular flexibility index (Phi) is 20.2. The number of rotatable bonds is 6. The third kappa shape index (κ3) is 13.8. The molecule has 1 aromatic rings. The number of tetrazole rings is 1. The Hall–Kier alpha value is -4.15. The van der Waals surface area contributed by atoms with E-state index in [1.54, 1.807) is 45.2 Å². The number of hydrogen-bond acceptors (Lipinski definition) is 13. The zero-order valence-corrected chi connectivity index (χ0v) is 42.4. The van der Waals surface area contributed by atoms with Crippen LogP contribution in [0.5, 0.6) is 0 Å². The highest BCUT2D eigenvalue weighted by Gasteiger charge is 2.53. The fourth-order valence-corrected chi connectivity index (χ4v) is 10.9. The number of hydrogen-bond donors (Lipinski definition) is 2. The van der Waals surface area contributed by atoms with Crippen molar-refractivity contribution in [3.63, 3.8) is 0 Å². The van der Waals surface area contributed by atoms with Crippen molar-refractivity contribution >= 4 is 23.4 Å². The number of allylic oxidation sites excluding steroid dienone is 6. The van der Waals surface area contributed by atoms with E-state index in [0.717, 1.165) is 30.4 Å². The van der Waals surface area contributed by atoms with Crippen LogP contribution in [0.3, 0.4) is 0 Å². The zero-order chi connectivity index (χ0) is 49.9. The van der Waals surface area contributed by atoms with Crippen LogP contribution < -0.4 is 0 Å². The number of Topliss-reactive ketones (excluding diaryl/α,β-unsaturated/α-hetero) is 2. The minimum Gasteiger partial charge on any atom is -0.460 e. The number of carbonyl (C=O) groups excluding carboxylic acids is 4. The highest BCUT2D eigenvalue weighted by Crippen LogP contribution is 2.40. The van der Waals surface area contributed by atoms with Gasteiger partial charge in [0.2, 0.25) is 5.79 Å². The maximum Gasteiger partial charge on any atom is 0.329 e. The van der Waals surface area contributed by atoms with Crippen LogP contribution in [0.15, 0.2) is 66.1 Å². The second-order valence-electron chi connectivity index (χ2n) is 20.7. The maximum absolute atomic E-state index is 14.5. The van der Waals surface area contributed by atoms with Crippen molar-refractivity contribution in [1.29, 1.82) is 0 Å². The van der Waals surface area contributed by atoms with Gasteiger partial charge >= 0.3 is 5.97 Å². The van der Waals surface area contributed by atoms with Gasteiger partial charge in [0.05, 0.1) is 30.5 Å². The minimum absolute atomic E-state index is 0.0268. The van der Waals surface area contributed by atoms with Crippen molar-refractivity contribution < 1.29 is 48.3 Å². The fourth-order valence-electron chi connectivity index (χ4n) is 10.9. The summed E-state index contributed by atoms with van der Waals surface area (Å²) in [6.07, 6.45) is 17.0. The normalized spacial score (nSPS) is 39.1. The second kappa shape index (κ2) is 25.1. The van der Waals surface area contributed by atoms with Crippen molar-refractivity contribution in [3.8, 4) is 0 Å². The molecule has 3 aliphatic heterocycles. The average molecular weight is 948 g/mol. The topological polar surface area (TPSA) is 192 Å². The summed E-state index contributed by atoms with van der Waals surface area (Å²) < 4.78 is 26.1.